The van der Waals surface area contributed by atoms with E-state index in [-0.39, 0.29) is 28.0 Å². The third-order valence-electron chi connectivity index (χ3n) is 3.42. The number of benzene rings is 2. The predicted molar refractivity (Wildman–Crippen MR) is 91.0 cm³/mol. The molecule has 0 aliphatic heterocycles. The van der Waals surface area contributed by atoms with Crippen molar-refractivity contribution in [3.63, 3.8) is 0 Å². The van der Waals surface area contributed by atoms with Crippen LogP contribution in [0.25, 0.3) is 22.3 Å². The Bertz CT molecular complexity index is 1130. The molecule has 0 saturated carbocycles. The summed E-state index contributed by atoms with van der Waals surface area (Å²) < 4.78 is 22.0. The van der Waals surface area contributed by atoms with E-state index in [1.54, 1.807) is 0 Å². The van der Waals surface area contributed by atoms with Gasteiger partial charge in [0.15, 0.2) is 17.3 Å². The molecule has 9 nitrogen and oxygen atoms in total. The fraction of sp³-hybridized carbons (Fsp3) is 0.0625. The first-order valence-electron chi connectivity index (χ1n) is 7.12. The van der Waals surface area contributed by atoms with Crippen LogP contribution in [-0.4, -0.2) is 32.0 Å². The van der Waals surface area contributed by atoms with Gasteiger partial charge in [0, 0.05) is 24.4 Å². The Hall–Kier alpha value is -3.16. The Morgan fingerprint density at radius 3 is 2.31 bits per heavy atom. The lowest BCUT2D eigenvalue weighted by Gasteiger charge is -2.14. The van der Waals surface area contributed by atoms with Gasteiger partial charge in [0.2, 0.25) is 11.2 Å². The molecule has 1 unspecified atom stereocenters. The van der Waals surface area contributed by atoms with Crippen molar-refractivity contribution in [1.82, 2.24) is 0 Å². The van der Waals surface area contributed by atoms with E-state index in [0.717, 1.165) is 30.9 Å². The molecule has 1 heterocycles. The number of hydrogen-bond donors (Lipinski definition) is 5. The van der Waals surface area contributed by atoms with Gasteiger partial charge in [-0.05, 0) is 18.2 Å². The molecule has 1 atom stereocenters. The van der Waals surface area contributed by atoms with Crippen LogP contribution in [0, 0.1) is 0 Å². The van der Waals surface area contributed by atoms with Crippen LogP contribution >= 0.6 is 7.60 Å². The maximum atomic E-state index is 12.7. The predicted octanol–water partition coefficient (Wildman–Crippen LogP) is 2.48. The van der Waals surface area contributed by atoms with Gasteiger partial charge in [-0.1, -0.05) is 0 Å². The first kappa shape index (κ1) is 17.7. The van der Waals surface area contributed by atoms with Gasteiger partial charge >= 0.3 is 7.60 Å². The van der Waals surface area contributed by atoms with Gasteiger partial charge in [0.05, 0.1) is 0 Å². The summed E-state index contributed by atoms with van der Waals surface area (Å²) in [5, 5.41) is 38.2. The Morgan fingerprint density at radius 2 is 1.69 bits per heavy atom. The highest BCUT2D eigenvalue weighted by Crippen LogP contribution is 2.44. The van der Waals surface area contributed by atoms with Crippen LogP contribution in [0.5, 0.6) is 28.7 Å². The van der Waals surface area contributed by atoms with E-state index in [4.69, 9.17) is 8.94 Å². The molecule has 0 saturated heterocycles. The van der Waals surface area contributed by atoms with Gasteiger partial charge in [0.1, 0.15) is 22.5 Å². The number of rotatable bonds is 3. The van der Waals surface area contributed by atoms with Gasteiger partial charge in [-0.15, -0.1) is 0 Å². The molecule has 5 N–H and O–H groups in total. The highest BCUT2D eigenvalue weighted by Gasteiger charge is 2.25. The molecule has 0 bridgehead atoms. The Morgan fingerprint density at radius 1 is 1.00 bits per heavy atom. The molecule has 0 spiro atoms. The van der Waals surface area contributed by atoms with Gasteiger partial charge in [-0.3, -0.25) is 4.79 Å². The molecule has 3 aromatic rings. The second-order valence-corrected chi connectivity index (χ2v) is 7.31. The topological polar surface area (TPSA) is 158 Å². The monoisotopic (exact) mass is 380 g/mol. The van der Waals surface area contributed by atoms with Gasteiger partial charge < -0.3 is 34.3 Å². The minimum atomic E-state index is -4.19. The van der Waals surface area contributed by atoms with Crippen LogP contribution in [0.3, 0.4) is 0 Å². The van der Waals surface area contributed by atoms with E-state index in [1.807, 2.05) is 0 Å². The Kier molecular flexibility index (Phi) is 4.06. The zero-order chi connectivity index (χ0) is 19.2. The average Bonchev–Trinajstić information content (AvgIpc) is 2.50. The molecule has 0 radical (unpaired) electrons. The molecule has 0 aliphatic rings. The van der Waals surface area contributed by atoms with Crippen molar-refractivity contribution in [3.8, 4) is 40.1 Å². The molecule has 3 rings (SSSR count). The van der Waals surface area contributed by atoms with Crippen LogP contribution in [0.4, 0.5) is 0 Å². The Balaban J connectivity index is 2.42. The first-order chi connectivity index (χ1) is 12.1. The lowest BCUT2D eigenvalue weighted by atomic mass is 10.1. The zero-order valence-electron chi connectivity index (χ0n) is 13.2. The second-order valence-electron chi connectivity index (χ2n) is 5.53. The number of phenols is 4. The summed E-state index contributed by atoms with van der Waals surface area (Å²) in [4.78, 5) is 22.2. The van der Waals surface area contributed by atoms with E-state index in [1.165, 1.54) is 6.07 Å². The van der Waals surface area contributed by atoms with Crippen molar-refractivity contribution < 1.29 is 38.8 Å². The highest BCUT2D eigenvalue weighted by atomic mass is 31.2. The molecule has 0 fully saturated rings. The van der Waals surface area contributed by atoms with E-state index in [2.05, 4.69) is 0 Å². The fourth-order valence-corrected chi connectivity index (χ4v) is 2.88. The summed E-state index contributed by atoms with van der Waals surface area (Å²) in [5.74, 6) is -2.95. The van der Waals surface area contributed by atoms with Crippen molar-refractivity contribution in [3.05, 3.63) is 40.6 Å². The highest BCUT2D eigenvalue weighted by molar-refractivity contribution is 7.52. The SMILES string of the molecule is CP(=O)(O)Oc1c(-c2ccc(O)c(O)c2)oc2cc(O)cc(O)c2c1=O. The first-order valence-corrected chi connectivity index (χ1v) is 9.14. The van der Waals surface area contributed by atoms with Crippen molar-refractivity contribution >= 4 is 18.6 Å². The van der Waals surface area contributed by atoms with Crippen LogP contribution in [-0.2, 0) is 4.57 Å². The second kappa shape index (κ2) is 5.98. The number of fused-ring (bicyclic) bond motifs is 1. The zero-order valence-corrected chi connectivity index (χ0v) is 14.1. The van der Waals surface area contributed by atoms with Crippen LogP contribution < -0.4 is 9.95 Å². The van der Waals surface area contributed by atoms with Crippen LogP contribution in [0.2, 0.25) is 0 Å². The molecular weight excluding hydrogens is 367 g/mol. The van der Waals surface area contributed by atoms with Gasteiger partial charge in [-0.25, -0.2) is 4.57 Å². The molecule has 0 aliphatic carbocycles. The van der Waals surface area contributed by atoms with E-state index < -0.39 is 36.0 Å². The van der Waals surface area contributed by atoms with Crippen molar-refractivity contribution in [2.45, 2.75) is 0 Å². The maximum absolute atomic E-state index is 12.7. The van der Waals surface area contributed by atoms with Crippen LogP contribution in [0.15, 0.2) is 39.5 Å². The summed E-state index contributed by atoms with van der Waals surface area (Å²) in [6, 6.07) is 5.40. The smallest absolute Gasteiger partial charge is 0.373 e. The molecular formula is C16H13O9P. The molecule has 0 amide bonds. The summed E-state index contributed by atoms with van der Waals surface area (Å²) in [6.07, 6.45) is 0. The number of hydrogen-bond acceptors (Lipinski definition) is 8. The minimum Gasteiger partial charge on any atom is -0.508 e. The summed E-state index contributed by atoms with van der Waals surface area (Å²) in [7, 11) is -4.19. The summed E-state index contributed by atoms with van der Waals surface area (Å²) in [6.45, 7) is 0.853. The molecule has 2 aromatic carbocycles. The molecule has 1 aromatic heterocycles. The van der Waals surface area contributed by atoms with Crippen molar-refractivity contribution in [2.75, 3.05) is 6.66 Å². The van der Waals surface area contributed by atoms with E-state index in [9.17, 15) is 34.7 Å². The lowest BCUT2D eigenvalue weighted by Crippen LogP contribution is -2.09. The largest absolute Gasteiger partial charge is 0.508 e. The maximum Gasteiger partial charge on any atom is 0.373 e. The van der Waals surface area contributed by atoms with E-state index in [0.29, 0.717) is 0 Å². The lowest BCUT2D eigenvalue weighted by molar-refractivity contribution is 0.381. The third kappa shape index (κ3) is 3.17. The quantitative estimate of drug-likeness (QED) is 0.340. The Labute approximate surface area is 145 Å². The number of aromatic hydroxyl groups is 4. The summed E-state index contributed by atoms with van der Waals surface area (Å²) in [5.41, 5.74) is -1.13. The third-order valence-corrected chi connectivity index (χ3v) is 3.94. The van der Waals surface area contributed by atoms with Gasteiger partial charge in [0.25, 0.3) is 0 Å². The molecule has 26 heavy (non-hydrogen) atoms. The van der Waals surface area contributed by atoms with Crippen molar-refractivity contribution in [1.29, 1.82) is 0 Å². The molecule has 136 valence electrons. The van der Waals surface area contributed by atoms with Gasteiger partial charge in [-0.2, -0.15) is 0 Å². The standard InChI is InChI=1S/C16H13O9P/c1-26(22,23)25-16-14(21)13-11(20)5-8(17)6-12(13)24-15(16)7-2-3-9(18)10(19)4-7/h2-6,17-20H,1H3,(H,22,23). The van der Waals surface area contributed by atoms with Crippen LogP contribution in [0.1, 0.15) is 0 Å². The molecule has 10 heteroatoms. The van der Waals surface area contributed by atoms with E-state index >= 15 is 0 Å². The summed E-state index contributed by atoms with van der Waals surface area (Å²) >= 11 is 0. The number of phenolic OH excluding ortho intramolecular Hbond substituents is 4. The average molecular weight is 380 g/mol. The van der Waals surface area contributed by atoms with Crippen molar-refractivity contribution in [2.24, 2.45) is 0 Å². The fourth-order valence-electron chi connectivity index (χ4n) is 2.38. The normalized spacial score (nSPS) is 13.5. The minimum absolute atomic E-state index is 0.0468.